The molecule has 1 saturated heterocycles. The summed E-state index contributed by atoms with van der Waals surface area (Å²) in [6.07, 6.45) is 0.480. The number of hydrogen-bond donors (Lipinski definition) is 2. The van der Waals surface area contributed by atoms with E-state index in [1.54, 1.807) is 0 Å². The highest BCUT2D eigenvalue weighted by atomic mass is 35.5. The van der Waals surface area contributed by atoms with Crippen molar-refractivity contribution in [1.29, 1.82) is 0 Å². The first-order valence-corrected chi connectivity index (χ1v) is 7.57. The molecule has 1 fully saturated rings. The second-order valence-corrected chi connectivity index (χ2v) is 6.90. The van der Waals surface area contributed by atoms with Gasteiger partial charge in [-0.15, -0.1) is 0 Å². The van der Waals surface area contributed by atoms with Gasteiger partial charge in [-0.1, -0.05) is 11.6 Å². The van der Waals surface area contributed by atoms with Crippen LogP contribution in [0.1, 0.15) is 16.8 Å². The number of nitrogens with one attached hydrogen (secondary N) is 1. The number of hydrogen-bond acceptors (Lipinski definition) is 4. The van der Waals surface area contributed by atoms with E-state index in [4.69, 9.17) is 16.7 Å². The number of carboxylic acids is 1. The molecule has 1 unspecified atom stereocenters. The van der Waals surface area contributed by atoms with Crippen molar-refractivity contribution in [1.82, 2.24) is 0 Å². The predicted molar refractivity (Wildman–Crippen MR) is 69.1 cm³/mol. The molecular formula is C11H12ClNO4S. The Morgan fingerprint density at radius 2 is 2.17 bits per heavy atom. The van der Waals surface area contributed by atoms with E-state index < -0.39 is 15.8 Å². The van der Waals surface area contributed by atoms with Gasteiger partial charge in [-0.25, -0.2) is 13.2 Å². The standard InChI is InChI=1S/C11H12ClNO4S/c12-7-1-2-9(11(14)15)10(5-7)13-8-3-4-18(16,17)6-8/h1-2,5,8,13H,3-4,6H2,(H,14,15). The van der Waals surface area contributed by atoms with Crippen molar-refractivity contribution in [3.8, 4) is 0 Å². The Hall–Kier alpha value is -1.27. The van der Waals surface area contributed by atoms with Crippen LogP contribution in [0.15, 0.2) is 18.2 Å². The van der Waals surface area contributed by atoms with Crippen molar-refractivity contribution in [3.63, 3.8) is 0 Å². The number of benzene rings is 1. The van der Waals surface area contributed by atoms with E-state index in [2.05, 4.69) is 5.32 Å². The molecule has 0 bridgehead atoms. The number of sulfone groups is 1. The highest BCUT2D eigenvalue weighted by molar-refractivity contribution is 7.91. The third kappa shape index (κ3) is 2.94. The second kappa shape index (κ2) is 4.78. The van der Waals surface area contributed by atoms with Crippen LogP contribution in [0.25, 0.3) is 0 Å². The number of halogens is 1. The van der Waals surface area contributed by atoms with Gasteiger partial charge in [0, 0.05) is 11.1 Å². The Bertz CT molecular complexity index is 585. The molecule has 0 aromatic heterocycles. The summed E-state index contributed by atoms with van der Waals surface area (Å²) < 4.78 is 22.7. The number of carbonyl (C=O) groups is 1. The van der Waals surface area contributed by atoms with Crippen LogP contribution in [-0.4, -0.2) is 37.0 Å². The molecule has 0 saturated carbocycles. The lowest BCUT2D eigenvalue weighted by Crippen LogP contribution is -2.22. The summed E-state index contributed by atoms with van der Waals surface area (Å²) >= 11 is 5.81. The minimum Gasteiger partial charge on any atom is -0.478 e. The zero-order chi connectivity index (χ0) is 13.3. The third-order valence-electron chi connectivity index (χ3n) is 2.80. The van der Waals surface area contributed by atoms with E-state index in [-0.39, 0.29) is 23.1 Å². The van der Waals surface area contributed by atoms with Crippen LogP contribution < -0.4 is 5.32 Å². The van der Waals surface area contributed by atoms with E-state index in [0.717, 1.165) is 0 Å². The highest BCUT2D eigenvalue weighted by Gasteiger charge is 2.28. The van der Waals surface area contributed by atoms with Crippen LogP contribution in [0.3, 0.4) is 0 Å². The molecule has 0 aliphatic carbocycles. The first-order valence-electron chi connectivity index (χ1n) is 5.37. The Balaban J connectivity index is 2.23. The van der Waals surface area contributed by atoms with E-state index >= 15 is 0 Å². The van der Waals surface area contributed by atoms with Crippen molar-refractivity contribution in [2.45, 2.75) is 12.5 Å². The summed E-state index contributed by atoms with van der Waals surface area (Å²) in [7, 11) is -3.00. The average Bonchev–Trinajstić information content (AvgIpc) is 2.57. The summed E-state index contributed by atoms with van der Waals surface area (Å²) in [6, 6.07) is 4.13. The first kappa shape index (κ1) is 13.2. The number of anilines is 1. The zero-order valence-electron chi connectivity index (χ0n) is 9.39. The van der Waals surface area contributed by atoms with Gasteiger partial charge in [0.2, 0.25) is 0 Å². The monoisotopic (exact) mass is 289 g/mol. The minimum atomic E-state index is -3.00. The Morgan fingerprint density at radius 3 is 2.72 bits per heavy atom. The molecule has 0 radical (unpaired) electrons. The average molecular weight is 290 g/mol. The largest absolute Gasteiger partial charge is 0.478 e. The molecule has 1 aromatic rings. The molecule has 7 heteroatoms. The van der Waals surface area contributed by atoms with Crippen LogP contribution in [0.2, 0.25) is 5.02 Å². The number of aromatic carboxylic acids is 1. The minimum absolute atomic E-state index is 0.0264. The van der Waals surface area contributed by atoms with Crippen molar-refractivity contribution >= 4 is 33.1 Å². The number of carboxylic acid groups (broad SMARTS) is 1. The van der Waals surface area contributed by atoms with Crippen LogP contribution in [-0.2, 0) is 9.84 Å². The van der Waals surface area contributed by atoms with Crippen molar-refractivity contribution in [2.24, 2.45) is 0 Å². The topological polar surface area (TPSA) is 83.5 Å². The fourth-order valence-electron chi connectivity index (χ4n) is 1.95. The lowest BCUT2D eigenvalue weighted by atomic mass is 10.1. The molecule has 18 heavy (non-hydrogen) atoms. The van der Waals surface area contributed by atoms with Gasteiger partial charge in [0.1, 0.15) is 0 Å². The molecule has 1 heterocycles. The lowest BCUT2D eigenvalue weighted by molar-refractivity contribution is 0.0698. The lowest BCUT2D eigenvalue weighted by Gasteiger charge is -2.14. The SMILES string of the molecule is O=C(O)c1ccc(Cl)cc1NC1CCS(=O)(=O)C1. The molecule has 2 rings (SSSR count). The molecule has 1 aliphatic heterocycles. The molecule has 1 aromatic carbocycles. The maximum Gasteiger partial charge on any atom is 0.337 e. The molecular weight excluding hydrogens is 278 g/mol. The smallest absolute Gasteiger partial charge is 0.337 e. The normalized spacial score (nSPS) is 21.7. The van der Waals surface area contributed by atoms with Gasteiger partial charge < -0.3 is 10.4 Å². The Kier molecular flexibility index (Phi) is 3.49. The third-order valence-corrected chi connectivity index (χ3v) is 4.81. The van der Waals surface area contributed by atoms with E-state index in [1.165, 1.54) is 18.2 Å². The van der Waals surface area contributed by atoms with Crippen LogP contribution in [0, 0.1) is 0 Å². The van der Waals surface area contributed by atoms with Crippen molar-refractivity contribution in [3.05, 3.63) is 28.8 Å². The van der Waals surface area contributed by atoms with Crippen LogP contribution in [0.5, 0.6) is 0 Å². The zero-order valence-corrected chi connectivity index (χ0v) is 11.0. The maximum absolute atomic E-state index is 11.3. The summed E-state index contributed by atoms with van der Waals surface area (Å²) in [5.74, 6) is -0.915. The van der Waals surface area contributed by atoms with E-state index in [9.17, 15) is 13.2 Å². The molecule has 0 amide bonds. The summed E-state index contributed by atoms with van der Waals surface area (Å²) in [5.41, 5.74) is 0.445. The van der Waals surface area contributed by atoms with Crippen LogP contribution in [0.4, 0.5) is 5.69 Å². The Morgan fingerprint density at radius 1 is 1.44 bits per heavy atom. The van der Waals surface area contributed by atoms with Gasteiger partial charge in [-0.05, 0) is 24.6 Å². The Labute approximate surface area is 110 Å². The molecule has 98 valence electrons. The molecule has 2 N–H and O–H groups in total. The second-order valence-electron chi connectivity index (χ2n) is 4.24. The fourth-order valence-corrected chi connectivity index (χ4v) is 3.80. The van der Waals surface area contributed by atoms with Gasteiger partial charge in [0.25, 0.3) is 0 Å². The summed E-state index contributed by atoms with van der Waals surface area (Å²) in [5, 5.41) is 12.4. The molecule has 5 nitrogen and oxygen atoms in total. The van der Waals surface area contributed by atoms with Gasteiger partial charge >= 0.3 is 5.97 Å². The van der Waals surface area contributed by atoms with E-state index in [1.807, 2.05) is 0 Å². The summed E-state index contributed by atoms with van der Waals surface area (Å²) in [4.78, 5) is 11.0. The van der Waals surface area contributed by atoms with Crippen molar-refractivity contribution in [2.75, 3.05) is 16.8 Å². The van der Waals surface area contributed by atoms with Gasteiger partial charge in [-0.3, -0.25) is 0 Å². The van der Waals surface area contributed by atoms with Gasteiger partial charge in [0.05, 0.1) is 22.8 Å². The quantitative estimate of drug-likeness (QED) is 0.884. The van der Waals surface area contributed by atoms with Gasteiger partial charge in [0.15, 0.2) is 9.84 Å². The van der Waals surface area contributed by atoms with Crippen molar-refractivity contribution < 1.29 is 18.3 Å². The fraction of sp³-hybridized carbons (Fsp3) is 0.364. The molecule has 1 aliphatic rings. The first-order chi connectivity index (χ1) is 8.37. The van der Waals surface area contributed by atoms with E-state index in [0.29, 0.717) is 17.1 Å². The number of rotatable bonds is 3. The maximum atomic E-state index is 11.3. The highest BCUT2D eigenvalue weighted by Crippen LogP contribution is 2.24. The van der Waals surface area contributed by atoms with Crippen LogP contribution >= 0.6 is 11.6 Å². The molecule has 1 atom stereocenters. The van der Waals surface area contributed by atoms with Gasteiger partial charge in [-0.2, -0.15) is 0 Å². The molecule has 0 spiro atoms. The summed E-state index contributed by atoms with van der Waals surface area (Å²) in [6.45, 7) is 0. The predicted octanol–water partition coefficient (Wildman–Crippen LogP) is 1.64.